The zero-order valence-corrected chi connectivity index (χ0v) is 19.1. The molecule has 0 heterocycles. The molecule has 0 saturated heterocycles. The fourth-order valence-electron chi connectivity index (χ4n) is 3.90. The first-order valence-corrected chi connectivity index (χ1v) is 12.7. The number of hydrogen-bond acceptors (Lipinski definition) is 3. The predicted molar refractivity (Wildman–Crippen MR) is 121 cm³/mol. The number of hydrogen-bond donors (Lipinski definition) is 2. The normalized spacial score (nSPS) is 11.6. The van der Waals surface area contributed by atoms with Crippen molar-refractivity contribution in [1.29, 1.82) is 0 Å². The van der Waals surface area contributed by atoms with Crippen LogP contribution in [0.15, 0.2) is 0 Å². The molecule has 3 nitrogen and oxygen atoms in total. The van der Waals surface area contributed by atoms with Crippen molar-refractivity contribution in [3.8, 4) is 0 Å². The van der Waals surface area contributed by atoms with Gasteiger partial charge in [0.25, 0.3) is 6.48 Å². The summed E-state index contributed by atoms with van der Waals surface area (Å²) in [7, 11) is 0. The minimum absolute atomic E-state index is 0.455. The van der Waals surface area contributed by atoms with Gasteiger partial charge in [0, 0.05) is 0 Å². The quantitative estimate of drug-likeness (QED) is 0.128. The van der Waals surface area contributed by atoms with Gasteiger partial charge in [0.15, 0.2) is 0 Å². The summed E-state index contributed by atoms with van der Waals surface area (Å²) in [4.78, 5) is 0. The number of ether oxygens (including phenoxy) is 1. The number of rotatable bonds is 24. The van der Waals surface area contributed by atoms with E-state index in [2.05, 4.69) is 6.92 Å². The Bertz CT molecular complexity index is 269. The van der Waals surface area contributed by atoms with Crippen molar-refractivity contribution in [3.63, 3.8) is 0 Å². The zero-order valence-electron chi connectivity index (χ0n) is 19.1. The summed E-state index contributed by atoms with van der Waals surface area (Å²) in [6.07, 6.45) is 30.4. The molecule has 0 radical (unpaired) electrons. The highest BCUT2D eigenvalue weighted by Crippen LogP contribution is 2.15. The van der Waals surface area contributed by atoms with Gasteiger partial charge in [0.05, 0.1) is 6.61 Å². The van der Waals surface area contributed by atoms with E-state index < -0.39 is 6.48 Å². The lowest BCUT2D eigenvalue weighted by Gasteiger charge is -2.05. The second-order valence-electron chi connectivity index (χ2n) is 8.62. The van der Waals surface area contributed by atoms with Crippen LogP contribution in [0.25, 0.3) is 0 Å². The maximum absolute atomic E-state index is 8.56. The molecule has 0 aliphatic heterocycles. The lowest BCUT2D eigenvalue weighted by molar-refractivity contribution is -0.234. The summed E-state index contributed by atoms with van der Waals surface area (Å²) in [5.74, 6) is 0. The molecular weight excluding hydrogens is 348 g/mol. The maximum atomic E-state index is 8.56. The smallest absolute Gasteiger partial charge is 0.266 e. The van der Waals surface area contributed by atoms with Gasteiger partial charge in [-0.3, -0.25) is 0 Å². The van der Waals surface area contributed by atoms with Crippen LogP contribution < -0.4 is 0 Å². The minimum Gasteiger partial charge on any atom is -0.346 e. The van der Waals surface area contributed by atoms with Gasteiger partial charge in [0.2, 0.25) is 0 Å². The molecule has 0 atom stereocenters. The van der Waals surface area contributed by atoms with E-state index in [-0.39, 0.29) is 0 Å². The van der Waals surface area contributed by atoms with Crippen LogP contribution >= 0.6 is 0 Å². The second-order valence-corrected chi connectivity index (χ2v) is 8.62. The SMILES string of the molecule is CCCCCCCCCCCCCCCCCCCCCCCCOC(O)O. The Hall–Kier alpha value is -0.120. The minimum atomic E-state index is -1.60. The van der Waals surface area contributed by atoms with Crippen LogP contribution in [0.1, 0.15) is 148 Å². The lowest BCUT2D eigenvalue weighted by Crippen LogP contribution is -2.10. The molecule has 0 aromatic heterocycles. The van der Waals surface area contributed by atoms with Crippen LogP contribution in [0.4, 0.5) is 0 Å². The average molecular weight is 401 g/mol. The van der Waals surface area contributed by atoms with Crippen LogP contribution in [0.3, 0.4) is 0 Å². The van der Waals surface area contributed by atoms with Crippen LogP contribution in [-0.4, -0.2) is 23.3 Å². The largest absolute Gasteiger partial charge is 0.346 e. The van der Waals surface area contributed by atoms with Gasteiger partial charge in [-0.15, -0.1) is 0 Å². The Morgan fingerprint density at radius 2 is 0.679 bits per heavy atom. The summed E-state index contributed by atoms with van der Waals surface area (Å²) in [5.41, 5.74) is 0. The highest BCUT2D eigenvalue weighted by Gasteiger charge is 1.97. The fraction of sp³-hybridized carbons (Fsp3) is 1.00. The third kappa shape index (κ3) is 25.9. The molecule has 0 saturated carbocycles. The second kappa shape index (κ2) is 24.9. The first-order valence-electron chi connectivity index (χ1n) is 12.7. The molecule has 0 aromatic rings. The molecule has 0 fully saturated rings. The summed E-state index contributed by atoms with van der Waals surface area (Å²) in [5, 5.41) is 17.1. The van der Waals surface area contributed by atoms with Crippen LogP contribution in [0.5, 0.6) is 0 Å². The topological polar surface area (TPSA) is 49.7 Å². The first-order chi connectivity index (χ1) is 13.8. The zero-order chi connectivity index (χ0) is 20.5. The molecule has 0 amide bonds. The Balaban J connectivity index is 2.98. The Kier molecular flexibility index (Phi) is 24.8. The molecule has 0 unspecified atom stereocenters. The van der Waals surface area contributed by atoms with Gasteiger partial charge in [-0.1, -0.05) is 142 Å². The van der Waals surface area contributed by atoms with Crippen molar-refractivity contribution < 1.29 is 14.9 Å². The Morgan fingerprint density at radius 1 is 0.429 bits per heavy atom. The highest BCUT2D eigenvalue weighted by molar-refractivity contribution is 4.51. The van der Waals surface area contributed by atoms with Crippen molar-refractivity contribution in [2.75, 3.05) is 6.61 Å². The van der Waals surface area contributed by atoms with Crippen molar-refractivity contribution in [2.24, 2.45) is 0 Å². The number of aliphatic hydroxyl groups is 2. The van der Waals surface area contributed by atoms with E-state index in [0.29, 0.717) is 6.61 Å². The molecule has 28 heavy (non-hydrogen) atoms. The monoisotopic (exact) mass is 400 g/mol. The summed E-state index contributed by atoms with van der Waals surface area (Å²) >= 11 is 0. The van der Waals surface area contributed by atoms with Crippen molar-refractivity contribution in [3.05, 3.63) is 0 Å². The van der Waals surface area contributed by atoms with E-state index in [1.807, 2.05) is 0 Å². The van der Waals surface area contributed by atoms with Gasteiger partial charge in [-0.25, -0.2) is 0 Å². The Morgan fingerprint density at radius 3 is 0.929 bits per heavy atom. The molecule has 0 aromatic carbocycles. The molecule has 0 aliphatic rings. The van der Waals surface area contributed by atoms with E-state index >= 15 is 0 Å². The molecule has 170 valence electrons. The maximum Gasteiger partial charge on any atom is 0.266 e. The van der Waals surface area contributed by atoms with Gasteiger partial charge in [-0.2, -0.15) is 0 Å². The van der Waals surface area contributed by atoms with Crippen molar-refractivity contribution in [2.45, 2.75) is 155 Å². The average Bonchev–Trinajstić information content (AvgIpc) is 2.68. The number of aliphatic hydroxyl groups excluding tert-OH is 1. The van der Waals surface area contributed by atoms with E-state index in [9.17, 15) is 0 Å². The van der Waals surface area contributed by atoms with Crippen molar-refractivity contribution >= 4 is 0 Å². The third-order valence-corrected chi connectivity index (χ3v) is 5.76. The lowest BCUT2D eigenvalue weighted by atomic mass is 10.0. The molecule has 0 rings (SSSR count). The van der Waals surface area contributed by atoms with Crippen LogP contribution in [0.2, 0.25) is 0 Å². The third-order valence-electron chi connectivity index (χ3n) is 5.76. The molecule has 2 N–H and O–H groups in total. The van der Waals surface area contributed by atoms with Crippen LogP contribution in [0, 0.1) is 0 Å². The fourth-order valence-corrected chi connectivity index (χ4v) is 3.90. The van der Waals surface area contributed by atoms with Gasteiger partial charge in [0.1, 0.15) is 0 Å². The highest BCUT2D eigenvalue weighted by atomic mass is 16.7. The molecule has 0 spiro atoms. The first kappa shape index (κ1) is 27.9. The van der Waals surface area contributed by atoms with E-state index in [0.717, 1.165) is 12.8 Å². The molecule has 3 heteroatoms. The predicted octanol–water partition coefficient (Wildman–Crippen LogP) is 7.87. The molecule has 0 bridgehead atoms. The summed E-state index contributed by atoms with van der Waals surface area (Å²) in [6, 6.07) is 0. The Labute approximate surface area is 176 Å². The van der Waals surface area contributed by atoms with E-state index in [1.165, 1.54) is 128 Å². The van der Waals surface area contributed by atoms with E-state index in [4.69, 9.17) is 14.9 Å². The molecular formula is C25H52O3. The van der Waals surface area contributed by atoms with E-state index in [1.54, 1.807) is 0 Å². The van der Waals surface area contributed by atoms with Crippen LogP contribution in [-0.2, 0) is 4.74 Å². The number of unbranched alkanes of at least 4 members (excludes halogenated alkanes) is 21. The summed E-state index contributed by atoms with van der Waals surface area (Å²) in [6.45, 7) is 1.14. The standard InChI is InChI=1S/C25H52O3/c1-2-3-4-5-6-7-8-9-10-11-12-13-14-15-16-17-18-19-20-21-22-23-24-28-25(26)27/h25-27H,2-24H2,1H3. The van der Waals surface area contributed by atoms with Gasteiger partial charge in [-0.05, 0) is 6.42 Å². The molecule has 0 aliphatic carbocycles. The van der Waals surface area contributed by atoms with Gasteiger partial charge < -0.3 is 14.9 Å². The summed E-state index contributed by atoms with van der Waals surface area (Å²) < 4.78 is 4.70. The van der Waals surface area contributed by atoms with Crippen molar-refractivity contribution in [1.82, 2.24) is 0 Å². The van der Waals surface area contributed by atoms with Gasteiger partial charge >= 0.3 is 0 Å².